The number of carbonyl (C=O) groups is 1. The molecular formula is C15H28N2O2. The topological polar surface area (TPSA) is 41.6 Å². The van der Waals surface area contributed by atoms with Crippen LogP contribution in [0.3, 0.4) is 0 Å². The fraction of sp³-hybridized carbons (Fsp3) is 0.933. The third-order valence-electron chi connectivity index (χ3n) is 4.40. The summed E-state index contributed by atoms with van der Waals surface area (Å²) < 4.78 is 5.65. The van der Waals surface area contributed by atoms with Crippen molar-refractivity contribution in [2.24, 2.45) is 5.92 Å². The highest BCUT2D eigenvalue weighted by molar-refractivity contribution is 5.84. The maximum Gasteiger partial charge on any atom is 0.241 e. The highest BCUT2D eigenvalue weighted by atomic mass is 16.5. The molecule has 0 spiro atoms. The van der Waals surface area contributed by atoms with Crippen molar-refractivity contribution in [2.45, 2.75) is 77.7 Å². The van der Waals surface area contributed by atoms with Gasteiger partial charge < -0.3 is 9.64 Å². The van der Waals surface area contributed by atoms with E-state index in [9.17, 15) is 4.79 Å². The van der Waals surface area contributed by atoms with Crippen LogP contribution in [0.2, 0.25) is 0 Å². The molecule has 0 aliphatic carbocycles. The molecular weight excluding hydrogens is 240 g/mol. The van der Waals surface area contributed by atoms with E-state index >= 15 is 0 Å². The van der Waals surface area contributed by atoms with E-state index in [0.717, 1.165) is 32.3 Å². The third-order valence-corrected chi connectivity index (χ3v) is 4.40. The Labute approximate surface area is 116 Å². The summed E-state index contributed by atoms with van der Waals surface area (Å²) in [6, 6.07) is 0.263. The van der Waals surface area contributed by atoms with Gasteiger partial charge in [0.15, 0.2) is 0 Å². The van der Waals surface area contributed by atoms with Crippen LogP contribution in [0.25, 0.3) is 0 Å². The van der Waals surface area contributed by atoms with E-state index in [1.54, 1.807) is 0 Å². The molecule has 4 atom stereocenters. The van der Waals surface area contributed by atoms with Gasteiger partial charge >= 0.3 is 0 Å². The number of ether oxygens (including phenoxy) is 1. The van der Waals surface area contributed by atoms with Crippen LogP contribution in [0.1, 0.15) is 53.4 Å². The summed E-state index contributed by atoms with van der Waals surface area (Å²) in [7, 11) is 0. The molecule has 2 aliphatic rings. The van der Waals surface area contributed by atoms with Crippen LogP contribution in [-0.4, -0.2) is 41.8 Å². The van der Waals surface area contributed by atoms with E-state index in [2.05, 4.69) is 37.9 Å². The van der Waals surface area contributed by atoms with Gasteiger partial charge in [-0.05, 0) is 25.7 Å². The number of hydrogen-bond donors (Lipinski definition) is 1. The molecule has 2 heterocycles. The Balaban J connectivity index is 2.11. The van der Waals surface area contributed by atoms with Crippen molar-refractivity contribution in [2.75, 3.05) is 6.61 Å². The Morgan fingerprint density at radius 1 is 1.47 bits per heavy atom. The molecule has 0 bridgehead atoms. The summed E-state index contributed by atoms with van der Waals surface area (Å²) in [5.74, 6) is 0.720. The van der Waals surface area contributed by atoms with E-state index in [-0.39, 0.29) is 30.3 Å². The van der Waals surface area contributed by atoms with Crippen LogP contribution in [0.15, 0.2) is 0 Å². The fourth-order valence-electron chi connectivity index (χ4n) is 3.26. The molecule has 110 valence electrons. The predicted molar refractivity (Wildman–Crippen MR) is 75.7 cm³/mol. The SMILES string of the molecule is CCCCC1NC(C(C)C)N(C2CCOC2C)C1=O. The molecule has 0 saturated carbocycles. The molecule has 2 aliphatic heterocycles. The lowest BCUT2D eigenvalue weighted by atomic mass is 10.1. The Kier molecular flexibility index (Phi) is 4.85. The monoisotopic (exact) mass is 268 g/mol. The minimum Gasteiger partial charge on any atom is -0.376 e. The first-order valence-electron chi connectivity index (χ1n) is 7.76. The lowest BCUT2D eigenvalue weighted by Gasteiger charge is -2.33. The van der Waals surface area contributed by atoms with Gasteiger partial charge in [0, 0.05) is 6.61 Å². The van der Waals surface area contributed by atoms with Crippen LogP contribution >= 0.6 is 0 Å². The number of nitrogens with one attached hydrogen (secondary N) is 1. The van der Waals surface area contributed by atoms with E-state index in [4.69, 9.17) is 4.74 Å². The van der Waals surface area contributed by atoms with Crippen molar-refractivity contribution < 1.29 is 9.53 Å². The highest BCUT2D eigenvalue weighted by Crippen LogP contribution is 2.29. The van der Waals surface area contributed by atoms with Gasteiger partial charge in [0.05, 0.1) is 24.4 Å². The third kappa shape index (κ3) is 2.95. The zero-order valence-electron chi connectivity index (χ0n) is 12.7. The normalized spacial score (nSPS) is 35.6. The molecule has 1 N–H and O–H groups in total. The van der Waals surface area contributed by atoms with Crippen LogP contribution in [0, 0.1) is 5.92 Å². The molecule has 1 amide bonds. The molecule has 2 fully saturated rings. The van der Waals surface area contributed by atoms with Gasteiger partial charge in [-0.25, -0.2) is 0 Å². The van der Waals surface area contributed by atoms with Crippen molar-refractivity contribution >= 4 is 5.91 Å². The standard InChI is InChI=1S/C15H28N2O2/c1-5-6-7-12-15(18)17(14(16-12)10(2)3)13-8-9-19-11(13)4/h10-14,16H,5-9H2,1-4H3. The van der Waals surface area contributed by atoms with Gasteiger partial charge in [-0.1, -0.05) is 33.6 Å². The second kappa shape index (κ2) is 6.23. The van der Waals surface area contributed by atoms with Crippen molar-refractivity contribution in [3.8, 4) is 0 Å². The van der Waals surface area contributed by atoms with Crippen molar-refractivity contribution in [1.29, 1.82) is 0 Å². The average molecular weight is 268 g/mol. The quantitative estimate of drug-likeness (QED) is 0.830. The second-order valence-electron chi connectivity index (χ2n) is 6.23. The molecule has 2 rings (SSSR count). The summed E-state index contributed by atoms with van der Waals surface area (Å²) in [5, 5.41) is 3.54. The Morgan fingerprint density at radius 2 is 2.21 bits per heavy atom. The summed E-state index contributed by atoms with van der Waals surface area (Å²) in [6.45, 7) is 9.40. The summed E-state index contributed by atoms with van der Waals surface area (Å²) in [4.78, 5) is 14.8. The Bertz CT molecular complexity index is 319. The molecule has 4 heteroatoms. The minimum atomic E-state index is 0.0140. The maximum atomic E-state index is 12.7. The van der Waals surface area contributed by atoms with E-state index in [1.165, 1.54) is 0 Å². The number of carbonyl (C=O) groups excluding carboxylic acids is 1. The first kappa shape index (κ1) is 14.8. The predicted octanol–water partition coefficient (Wildman–Crippen LogP) is 2.14. The van der Waals surface area contributed by atoms with Crippen molar-refractivity contribution in [1.82, 2.24) is 10.2 Å². The van der Waals surface area contributed by atoms with Gasteiger partial charge in [0.2, 0.25) is 5.91 Å². The van der Waals surface area contributed by atoms with Crippen molar-refractivity contribution in [3.05, 3.63) is 0 Å². The molecule has 4 unspecified atom stereocenters. The van der Waals surface area contributed by atoms with E-state index in [1.807, 2.05) is 0 Å². The van der Waals surface area contributed by atoms with Gasteiger partial charge in [-0.15, -0.1) is 0 Å². The molecule has 0 aromatic rings. The number of amides is 1. The van der Waals surface area contributed by atoms with Gasteiger partial charge in [-0.3, -0.25) is 10.1 Å². The fourth-order valence-corrected chi connectivity index (χ4v) is 3.26. The Hall–Kier alpha value is -0.610. The van der Waals surface area contributed by atoms with Gasteiger partial charge in [-0.2, -0.15) is 0 Å². The van der Waals surface area contributed by atoms with Gasteiger partial charge in [0.1, 0.15) is 0 Å². The second-order valence-corrected chi connectivity index (χ2v) is 6.23. The summed E-state index contributed by atoms with van der Waals surface area (Å²) >= 11 is 0. The first-order chi connectivity index (χ1) is 9.06. The highest BCUT2D eigenvalue weighted by Gasteiger charge is 2.46. The van der Waals surface area contributed by atoms with Crippen LogP contribution in [-0.2, 0) is 9.53 Å². The number of rotatable bonds is 5. The van der Waals surface area contributed by atoms with Gasteiger partial charge in [0.25, 0.3) is 0 Å². The lowest BCUT2D eigenvalue weighted by Crippen LogP contribution is -2.49. The average Bonchev–Trinajstić information content (AvgIpc) is 2.91. The van der Waals surface area contributed by atoms with E-state index in [0.29, 0.717) is 5.92 Å². The smallest absolute Gasteiger partial charge is 0.241 e. The first-order valence-corrected chi connectivity index (χ1v) is 7.76. The van der Waals surface area contributed by atoms with Crippen LogP contribution in [0.5, 0.6) is 0 Å². The molecule has 19 heavy (non-hydrogen) atoms. The largest absolute Gasteiger partial charge is 0.376 e. The van der Waals surface area contributed by atoms with E-state index < -0.39 is 0 Å². The summed E-state index contributed by atoms with van der Waals surface area (Å²) in [5.41, 5.74) is 0. The minimum absolute atomic E-state index is 0.0140. The number of unbranched alkanes of at least 4 members (excludes halogenated alkanes) is 1. The number of nitrogens with zero attached hydrogens (tertiary/aromatic N) is 1. The molecule has 2 saturated heterocycles. The maximum absolute atomic E-state index is 12.7. The molecule has 4 nitrogen and oxygen atoms in total. The zero-order valence-corrected chi connectivity index (χ0v) is 12.7. The van der Waals surface area contributed by atoms with Crippen LogP contribution < -0.4 is 5.32 Å². The zero-order chi connectivity index (χ0) is 14.0. The van der Waals surface area contributed by atoms with Crippen molar-refractivity contribution in [3.63, 3.8) is 0 Å². The number of hydrogen-bond acceptors (Lipinski definition) is 3. The summed E-state index contributed by atoms with van der Waals surface area (Å²) in [6.07, 6.45) is 4.51. The molecule has 0 aromatic heterocycles. The lowest BCUT2D eigenvalue weighted by molar-refractivity contribution is -0.134. The molecule has 0 radical (unpaired) electrons. The Morgan fingerprint density at radius 3 is 2.74 bits per heavy atom. The van der Waals surface area contributed by atoms with Crippen LogP contribution in [0.4, 0.5) is 0 Å². The molecule has 0 aromatic carbocycles.